The van der Waals surface area contributed by atoms with E-state index >= 15 is 0 Å². The van der Waals surface area contributed by atoms with E-state index < -0.39 is 0 Å². The maximum atomic E-state index is 6.02. The number of anilines is 1. The first-order valence-corrected chi connectivity index (χ1v) is 10.0. The van der Waals surface area contributed by atoms with E-state index in [1.807, 2.05) is 30.3 Å². The van der Waals surface area contributed by atoms with E-state index in [2.05, 4.69) is 65.2 Å². The molecule has 140 valence electrons. The highest BCUT2D eigenvalue weighted by atomic mass is 127. The third kappa shape index (κ3) is 5.53. The van der Waals surface area contributed by atoms with Crippen LogP contribution in [0.4, 0.5) is 5.69 Å². The number of aryl methyl sites for hydroxylation is 1. The predicted octanol–water partition coefficient (Wildman–Crippen LogP) is 6.45. The van der Waals surface area contributed by atoms with E-state index in [0.717, 1.165) is 36.9 Å². The van der Waals surface area contributed by atoms with Gasteiger partial charge in [-0.1, -0.05) is 35.9 Å². The van der Waals surface area contributed by atoms with E-state index in [0.29, 0.717) is 13.2 Å². The number of rotatable bonds is 7. The minimum atomic E-state index is 0.463. The molecular weight excluding hydrogens is 473 g/mol. The summed E-state index contributed by atoms with van der Waals surface area (Å²) in [6, 6.07) is 20.1. The number of methoxy groups -OCH3 is 1. The Morgan fingerprint density at radius 3 is 2.48 bits per heavy atom. The summed E-state index contributed by atoms with van der Waals surface area (Å²) < 4.78 is 12.6. The summed E-state index contributed by atoms with van der Waals surface area (Å²) in [6.45, 7) is 3.27. The summed E-state index contributed by atoms with van der Waals surface area (Å²) in [5.41, 5.74) is 4.53. The lowest BCUT2D eigenvalue weighted by Gasteiger charge is -2.15. The lowest BCUT2D eigenvalue weighted by molar-refractivity contribution is 0.282. The van der Waals surface area contributed by atoms with Crippen LogP contribution in [0.1, 0.15) is 16.7 Å². The molecule has 0 saturated carbocycles. The van der Waals surface area contributed by atoms with Gasteiger partial charge in [-0.3, -0.25) is 0 Å². The molecule has 1 N–H and O–H groups in total. The Balaban J connectivity index is 1.71. The third-order valence-electron chi connectivity index (χ3n) is 4.10. The van der Waals surface area contributed by atoms with Crippen molar-refractivity contribution in [1.82, 2.24) is 0 Å². The molecule has 0 heterocycles. The summed E-state index contributed by atoms with van der Waals surface area (Å²) in [4.78, 5) is 0. The van der Waals surface area contributed by atoms with Gasteiger partial charge in [0, 0.05) is 17.3 Å². The first-order chi connectivity index (χ1) is 13.0. The number of ether oxygens (including phenoxy) is 2. The summed E-state index contributed by atoms with van der Waals surface area (Å²) in [6.07, 6.45) is 0. The van der Waals surface area contributed by atoms with Crippen molar-refractivity contribution in [3.05, 3.63) is 85.9 Å². The second-order valence-electron chi connectivity index (χ2n) is 6.25. The Kier molecular flexibility index (Phi) is 6.85. The second kappa shape index (κ2) is 9.33. The Morgan fingerprint density at radius 1 is 1.00 bits per heavy atom. The normalized spacial score (nSPS) is 10.5. The maximum Gasteiger partial charge on any atom is 0.174 e. The molecule has 0 fully saturated rings. The Labute approximate surface area is 178 Å². The fourth-order valence-corrected chi connectivity index (χ4v) is 3.66. The molecule has 0 spiro atoms. The highest BCUT2D eigenvalue weighted by molar-refractivity contribution is 14.1. The Bertz CT molecular complexity index is 913. The molecule has 0 aliphatic carbocycles. The Morgan fingerprint density at radius 2 is 1.78 bits per heavy atom. The minimum absolute atomic E-state index is 0.463. The largest absolute Gasteiger partial charge is 0.493 e. The zero-order valence-corrected chi connectivity index (χ0v) is 18.2. The van der Waals surface area contributed by atoms with Crippen molar-refractivity contribution in [3.63, 3.8) is 0 Å². The summed E-state index contributed by atoms with van der Waals surface area (Å²) in [5.74, 6) is 1.49. The molecule has 0 unspecified atom stereocenters. The molecule has 0 radical (unpaired) electrons. The van der Waals surface area contributed by atoms with Crippen LogP contribution in [0.2, 0.25) is 5.02 Å². The van der Waals surface area contributed by atoms with Gasteiger partial charge in [-0.2, -0.15) is 0 Å². The van der Waals surface area contributed by atoms with Gasteiger partial charge in [-0.15, -0.1) is 0 Å². The van der Waals surface area contributed by atoms with E-state index in [9.17, 15) is 0 Å². The molecule has 3 aromatic rings. The average molecular weight is 494 g/mol. The number of benzene rings is 3. The first-order valence-electron chi connectivity index (χ1n) is 8.59. The number of halogens is 2. The van der Waals surface area contributed by atoms with Crippen molar-refractivity contribution in [2.75, 3.05) is 12.4 Å². The summed E-state index contributed by atoms with van der Waals surface area (Å²) in [7, 11) is 1.67. The van der Waals surface area contributed by atoms with Crippen LogP contribution < -0.4 is 14.8 Å². The van der Waals surface area contributed by atoms with Gasteiger partial charge < -0.3 is 14.8 Å². The van der Waals surface area contributed by atoms with Crippen LogP contribution in [0, 0.1) is 10.5 Å². The first kappa shape index (κ1) is 19.8. The fourth-order valence-electron chi connectivity index (χ4n) is 2.71. The van der Waals surface area contributed by atoms with Crippen molar-refractivity contribution in [2.24, 2.45) is 0 Å². The molecule has 0 atom stereocenters. The standard InChI is InChI=1S/C22H21ClINO2/c1-15-4-3-5-19(10-15)25-13-17-11-20(24)22(21(12-17)26-2)27-14-16-6-8-18(23)9-7-16/h3-12,25H,13-14H2,1-2H3. The zero-order chi connectivity index (χ0) is 19.2. The van der Waals surface area contributed by atoms with Gasteiger partial charge in [0.1, 0.15) is 6.61 Å². The van der Waals surface area contributed by atoms with Gasteiger partial charge >= 0.3 is 0 Å². The van der Waals surface area contributed by atoms with E-state index in [4.69, 9.17) is 21.1 Å². The van der Waals surface area contributed by atoms with Gasteiger partial charge in [0.2, 0.25) is 0 Å². The molecule has 0 saturated heterocycles. The molecule has 3 nitrogen and oxygen atoms in total. The molecule has 0 aromatic heterocycles. The van der Waals surface area contributed by atoms with Crippen LogP contribution in [0.5, 0.6) is 11.5 Å². The van der Waals surface area contributed by atoms with Crippen molar-refractivity contribution >= 4 is 39.9 Å². The molecule has 0 bridgehead atoms. The second-order valence-corrected chi connectivity index (χ2v) is 7.85. The number of hydrogen-bond acceptors (Lipinski definition) is 3. The molecule has 0 aliphatic rings. The topological polar surface area (TPSA) is 30.5 Å². The van der Waals surface area contributed by atoms with Crippen molar-refractivity contribution in [3.8, 4) is 11.5 Å². The lowest BCUT2D eigenvalue weighted by Crippen LogP contribution is -2.03. The van der Waals surface area contributed by atoms with E-state index in [1.54, 1.807) is 7.11 Å². The molecule has 27 heavy (non-hydrogen) atoms. The van der Waals surface area contributed by atoms with Crippen LogP contribution in [-0.2, 0) is 13.2 Å². The monoisotopic (exact) mass is 493 g/mol. The summed E-state index contributed by atoms with van der Waals surface area (Å²) in [5, 5.41) is 4.17. The average Bonchev–Trinajstić information content (AvgIpc) is 2.66. The molecule has 0 aliphatic heterocycles. The molecule has 3 rings (SSSR count). The van der Waals surface area contributed by atoms with Gasteiger partial charge in [0.05, 0.1) is 10.7 Å². The summed E-state index contributed by atoms with van der Waals surface area (Å²) >= 11 is 8.22. The molecule has 0 amide bonds. The van der Waals surface area contributed by atoms with Gasteiger partial charge in [0.15, 0.2) is 11.5 Å². The molecule has 5 heteroatoms. The quantitative estimate of drug-likeness (QED) is 0.384. The van der Waals surface area contributed by atoms with Gasteiger partial charge in [0.25, 0.3) is 0 Å². The SMILES string of the molecule is COc1cc(CNc2cccc(C)c2)cc(I)c1OCc1ccc(Cl)cc1. The lowest BCUT2D eigenvalue weighted by atomic mass is 10.1. The maximum absolute atomic E-state index is 6.02. The van der Waals surface area contributed by atoms with Crippen molar-refractivity contribution in [2.45, 2.75) is 20.1 Å². The zero-order valence-electron chi connectivity index (χ0n) is 15.3. The van der Waals surface area contributed by atoms with Crippen molar-refractivity contribution < 1.29 is 9.47 Å². The molecule has 3 aromatic carbocycles. The number of hydrogen-bond donors (Lipinski definition) is 1. The highest BCUT2D eigenvalue weighted by Gasteiger charge is 2.12. The van der Waals surface area contributed by atoms with Crippen LogP contribution >= 0.6 is 34.2 Å². The molecular formula is C22H21ClINO2. The Hall–Kier alpha value is -1.92. The van der Waals surface area contributed by atoms with Crippen LogP contribution in [-0.4, -0.2) is 7.11 Å². The van der Waals surface area contributed by atoms with Gasteiger partial charge in [-0.05, 0) is 82.6 Å². The number of nitrogens with one attached hydrogen (secondary N) is 1. The highest BCUT2D eigenvalue weighted by Crippen LogP contribution is 2.35. The minimum Gasteiger partial charge on any atom is -0.493 e. The van der Waals surface area contributed by atoms with E-state index in [-0.39, 0.29) is 0 Å². The van der Waals surface area contributed by atoms with E-state index in [1.165, 1.54) is 5.56 Å². The van der Waals surface area contributed by atoms with Crippen LogP contribution in [0.3, 0.4) is 0 Å². The third-order valence-corrected chi connectivity index (χ3v) is 5.15. The van der Waals surface area contributed by atoms with Gasteiger partial charge in [-0.25, -0.2) is 0 Å². The predicted molar refractivity (Wildman–Crippen MR) is 120 cm³/mol. The fraction of sp³-hybridized carbons (Fsp3) is 0.182. The van der Waals surface area contributed by atoms with Crippen LogP contribution in [0.25, 0.3) is 0 Å². The van der Waals surface area contributed by atoms with Crippen LogP contribution in [0.15, 0.2) is 60.7 Å². The van der Waals surface area contributed by atoms with Crippen molar-refractivity contribution in [1.29, 1.82) is 0 Å². The smallest absolute Gasteiger partial charge is 0.174 e.